The van der Waals surface area contributed by atoms with Gasteiger partial charge >= 0.3 is 5.97 Å². The molecule has 5 nitrogen and oxygen atoms in total. The number of anilines is 1. The minimum Gasteiger partial charge on any atom is -0.493 e. The zero-order chi connectivity index (χ0) is 22.4. The number of thioether (sulfide) groups is 2. The van der Waals surface area contributed by atoms with E-state index >= 15 is 0 Å². The van der Waals surface area contributed by atoms with Crippen molar-refractivity contribution >= 4 is 41.1 Å². The summed E-state index contributed by atoms with van der Waals surface area (Å²) in [4.78, 5) is 23.7. The van der Waals surface area contributed by atoms with Crippen LogP contribution in [0.2, 0.25) is 0 Å². The van der Waals surface area contributed by atoms with E-state index in [4.69, 9.17) is 9.47 Å². The molecule has 1 heterocycles. The molecule has 0 saturated heterocycles. The van der Waals surface area contributed by atoms with E-state index in [2.05, 4.69) is 35.7 Å². The highest BCUT2D eigenvalue weighted by atomic mass is 32.2. The third-order valence-electron chi connectivity index (χ3n) is 4.91. The molecule has 0 aliphatic carbocycles. The smallest absolute Gasteiger partial charge is 0.340 e. The second kappa shape index (κ2) is 10.2. The van der Waals surface area contributed by atoms with Gasteiger partial charge in [-0.3, -0.25) is 4.79 Å². The number of hydrogen-bond donors (Lipinski definition) is 1. The summed E-state index contributed by atoms with van der Waals surface area (Å²) in [5.41, 5.74) is 3.42. The molecule has 2 aromatic carbocycles. The van der Waals surface area contributed by atoms with E-state index in [9.17, 15) is 9.59 Å². The van der Waals surface area contributed by atoms with E-state index in [1.165, 1.54) is 6.92 Å². The number of fused-ring (bicyclic) bond motifs is 1. The fourth-order valence-electron chi connectivity index (χ4n) is 3.41. The predicted octanol–water partition coefficient (Wildman–Crippen LogP) is 4.88. The first-order valence-electron chi connectivity index (χ1n) is 9.91. The molecule has 0 bridgehead atoms. The molecule has 0 fully saturated rings. The number of carbonyl (C=O) groups excluding carboxylic acids is 2. The Hall–Kier alpha value is -2.56. The number of rotatable bonds is 5. The number of benzene rings is 2. The second-order valence-electron chi connectivity index (χ2n) is 6.88. The largest absolute Gasteiger partial charge is 0.493 e. The molecule has 0 radical (unpaired) electrons. The molecule has 1 aliphatic heterocycles. The van der Waals surface area contributed by atoms with Crippen LogP contribution in [-0.4, -0.2) is 37.6 Å². The Labute approximate surface area is 191 Å². The predicted molar refractivity (Wildman–Crippen MR) is 128 cm³/mol. The lowest BCUT2D eigenvalue weighted by Gasteiger charge is -2.36. The lowest BCUT2D eigenvalue weighted by molar-refractivity contribution is -0.114. The van der Waals surface area contributed by atoms with Gasteiger partial charge in [-0.15, -0.1) is 23.5 Å². The van der Waals surface area contributed by atoms with Gasteiger partial charge in [-0.25, -0.2) is 4.79 Å². The summed E-state index contributed by atoms with van der Waals surface area (Å²) in [7, 11) is 0. The zero-order valence-electron chi connectivity index (χ0n) is 18.0. The summed E-state index contributed by atoms with van der Waals surface area (Å²) < 4.78 is 10.9. The number of hydrogen-bond acceptors (Lipinski definition) is 6. The van der Waals surface area contributed by atoms with Crippen LogP contribution in [0.3, 0.4) is 0 Å². The molecule has 1 amide bonds. The third-order valence-corrected chi connectivity index (χ3v) is 8.08. The highest BCUT2D eigenvalue weighted by molar-refractivity contribution is 8.16. The van der Waals surface area contributed by atoms with Crippen molar-refractivity contribution in [2.75, 3.05) is 31.0 Å². The van der Waals surface area contributed by atoms with Crippen molar-refractivity contribution in [3.63, 3.8) is 0 Å². The van der Waals surface area contributed by atoms with Crippen molar-refractivity contribution in [3.05, 3.63) is 58.7 Å². The molecule has 7 heteroatoms. The van der Waals surface area contributed by atoms with Crippen molar-refractivity contribution in [3.8, 4) is 17.6 Å². The standard InChI is InChI=1S/C24H25NO4S2/c1-5-28-23(27)19-10-8-18(15-21(19)25-16(2)26)7-6-17-9-11-22-20(14-17)24(30-3,31-4)12-13-29-22/h8-11,14-15H,5,12-13H2,1-4H3,(H,25,26). The average molecular weight is 456 g/mol. The van der Waals surface area contributed by atoms with Crippen molar-refractivity contribution in [2.45, 2.75) is 24.3 Å². The van der Waals surface area contributed by atoms with Crippen molar-refractivity contribution in [1.82, 2.24) is 0 Å². The molecular weight excluding hydrogens is 430 g/mol. The summed E-state index contributed by atoms with van der Waals surface area (Å²) in [5.74, 6) is 6.49. The quantitative estimate of drug-likeness (QED) is 0.394. The number of esters is 1. The minimum absolute atomic E-state index is 0.0366. The van der Waals surface area contributed by atoms with E-state index in [1.54, 1.807) is 25.1 Å². The minimum atomic E-state index is -0.481. The molecule has 3 rings (SSSR count). The molecule has 2 aromatic rings. The van der Waals surface area contributed by atoms with Crippen LogP contribution in [-0.2, 0) is 13.6 Å². The lowest BCUT2D eigenvalue weighted by Crippen LogP contribution is -2.26. The number of ether oxygens (including phenoxy) is 2. The second-order valence-corrected chi connectivity index (χ2v) is 9.35. The molecule has 31 heavy (non-hydrogen) atoms. The van der Waals surface area contributed by atoms with Gasteiger partial charge in [0.05, 0.1) is 28.5 Å². The van der Waals surface area contributed by atoms with E-state index in [-0.39, 0.29) is 16.6 Å². The first kappa shape index (κ1) is 23.1. The Morgan fingerprint density at radius 2 is 1.81 bits per heavy atom. The summed E-state index contributed by atoms with van der Waals surface area (Å²) in [6.45, 7) is 4.10. The van der Waals surface area contributed by atoms with Crippen LogP contribution in [0.25, 0.3) is 0 Å². The van der Waals surface area contributed by atoms with Gasteiger partial charge in [0.1, 0.15) is 5.75 Å². The van der Waals surface area contributed by atoms with Gasteiger partial charge in [-0.2, -0.15) is 0 Å². The fraction of sp³-hybridized carbons (Fsp3) is 0.333. The molecule has 1 aliphatic rings. The molecule has 0 unspecified atom stereocenters. The lowest BCUT2D eigenvalue weighted by atomic mass is 10.0. The maximum absolute atomic E-state index is 12.2. The van der Waals surface area contributed by atoms with Crippen LogP contribution >= 0.6 is 23.5 Å². The third kappa shape index (κ3) is 5.20. The Balaban J connectivity index is 1.95. The van der Waals surface area contributed by atoms with E-state index in [0.717, 1.165) is 23.3 Å². The van der Waals surface area contributed by atoms with Crippen molar-refractivity contribution in [1.29, 1.82) is 0 Å². The number of carbonyl (C=O) groups is 2. The first-order valence-corrected chi connectivity index (χ1v) is 12.4. The van der Waals surface area contributed by atoms with Gasteiger partial charge in [-0.1, -0.05) is 11.8 Å². The molecule has 0 aromatic heterocycles. The van der Waals surface area contributed by atoms with Crippen LogP contribution < -0.4 is 10.1 Å². The maximum Gasteiger partial charge on any atom is 0.340 e. The number of amides is 1. The molecule has 0 saturated carbocycles. The highest BCUT2D eigenvalue weighted by Crippen LogP contribution is 2.52. The van der Waals surface area contributed by atoms with Gasteiger partial charge in [0.15, 0.2) is 0 Å². The van der Waals surface area contributed by atoms with Crippen LogP contribution in [0.5, 0.6) is 5.75 Å². The normalized spacial score (nSPS) is 13.8. The fourth-order valence-corrected chi connectivity index (χ4v) is 5.42. The Morgan fingerprint density at radius 3 is 2.45 bits per heavy atom. The molecule has 1 N–H and O–H groups in total. The van der Waals surface area contributed by atoms with Crippen molar-refractivity contribution in [2.24, 2.45) is 0 Å². The Kier molecular flexibility index (Phi) is 7.58. The first-order chi connectivity index (χ1) is 14.9. The summed E-state index contributed by atoms with van der Waals surface area (Å²) in [6, 6.07) is 11.1. The monoisotopic (exact) mass is 455 g/mol. The SMILES string of the molecule is CCOC(=O)c1ccc(C#Cc2ccc3c(c2)C(SC)(SC)CCO3)cc1NC(C)=O. The van der Waals surface area contributed by atoms with Gasteiger partial charge in [0, 0.05) is 30.0 Å². The average Bonchev–Trinajstić information content (AvgIpc) is 2.77. The van der Waals surface area contributed by atoms with Crippen molar-refractivity contribution < 1.29 is 19.1 Å². The van der Waals surface area contributed by atoms with Crippen LogP contribution in [0, 0.1) is 11.8 Å². The molecule has 0 atom stereocenters. The maximum atomic E-state index is 12.2. The van der Waals surface area contributed by atoms with Crippen LogP contribution in [0.4, 0.5) is 5.69 Å². The van der Waals surface area contributed by atoms with Gasteiger partial charge in [0.2, 0.25) is 5.91 Å². The summed E-state index contributed by atoms with van der Waals surface area (Å²) in [6.07, 6.45) is 5.19. The van der Waals surface area contributed by atoms with E-state index < -0.39 is 5.97 Å². The van der Waals surface area contributed by atoms with E-state index in [1.807, 2.05) is 35.7 Å². The van der Waals surface area contributed by atoms with Gasteiger partial charge in [0.25, 0.3) is 0 Å². The number of nitrogens with one attached hydrogen (secondary N) is 1. The molecule has 0 spiro atoms. The summed E-state index contributed by atoms with van der Waals surface area (Å²) >= 11 is 3.65. The van der Waals surface area contributed by atoms with Gasteiger partial charge < -0.3 is 14.8 Å². The van der Waals surface area contributed by atoms with Crippen LogP contribution in [0.15, 0.2) is 36.4 Å². The van der Waals surface area contributed by atoms with Gasteiger partial charge in [-0.05, 0) is 55.8 Å². The van der Waals surface area contributed by atoms with E-state index in [0.29, 0.717) is 23.4 Å². The van der Waals surface area contributed by atoms with Crippen LogP contribution in [0.1, 0.15) is 47.3 Å². The topological polar surface area (TPSA) is 64.6 Å². The Morgan fingerprint density at radius 1 is 1.13 bits per heavy atom. The molecule has 162 valence electrons. The Bertz CT molecular complexity index is 1050. The highest BCUT2D eigenvalue weighted by Gasteiger charge is 2.36. The zero-order valence-corrected chi connectivity index (χ0v) is 19.7. The summed E-state index contributed by atoms with van der Waals surface area (Å²) in [5, 5.41) is 2.69. The molecular formula is C24H25NO4S2.